The van der Waals surface area contributed by atoms with E-state index in [-0.39, 0.29) is 5.43 Å². The third-order valence-electron chi connectivity index (χ3n) is 5.51. The van der Waals surface area contributed by atoms with Crippen LogP contribution >= 0.6 is 0 Å². The first-order chi connectivity index (χ1) is 14.1. The fraction of sp³-hybridized carbons (Fsp3) is 0.222. The lowest BCUT2D eigenvalue weighted by Gasteiger charge is -2.21. The lowest BCUT2D eigenvalue weighted by atomic mass is 9.94. The predicted octanol–water partition coefficient (Wildman–Crippen LogP) is 6.75. The summed E-state index contributed by atoms with van der Waals surface area (Å²) in [6.07, 6.45) is 2.17. The molecule has 0 saturated carbocycles. The Kier molecular flexibility index (Phi) is 5.35. The first-order valence-electron chi connectivity index (χ1n) is 10.4. The summed E-state index contributed by atoms with van der Waals surface area (Å²) < 4.78 is 2.35. The average Bonchev–Trinajstić information content (AvgIpc) is 2.73. The summed E-state index contributed by atoms with van der Waals surface area (Å²) in [5.74, 6) is 0. The molecule has 0 aliphatic heterocycles. The van der Waals surface area contributed by atoms with E-state index in [0.717, 1.165) is 58.2 Å². The summed E-state index contributed by atoms with van der Waals surface area (Å²) in [4.78, 5) is 13.7. The first-order valence-corrected chi connectivity index (χ1v) is 10.4. The monoisotopic (exact) mass is 381 g/mol. The van der Waals surface area contributed by atoms with Gasteiger partial charge < -0.3 is 4.57 Å². The maximum atomic E-state index is 13.7. The van der Waals surface area contributed by atoms with Crippen molar-refractivity contribution in [3.63, 3.8) is 0 Å². The topological polar surface area (TPSA) is 22.0 Å². The highest BCUT2D eigenvalue weighted by atomic mass is 16.1. The van der Waals surface area contributed by atoms with Gasteiger partial charge in [-0.05, 0) is 49.6 Å². The molecule has 4 rings (SSSR count). The van der Waals surface area contributed by atoms with Crippen molar-refractivity contribution >= 4 is 10.9 Å². The zero-order chi connectivity index (χ0) is 20.4. The van der Waals surface area contributed by atoms with E-state index in [1.54, 1.807) is 0 Å². The molecule has 0 N–H and O–H groups in total. The Morgan fingerprint density at radius 2 is 1.45 bits per heavy atom. The molecule has 0 aliphatic rings. The fourth-order valence-electron chi connectivity index (χ4n) is 4.11. The maximum Gasteiger partial charge on any atom is 0.197 e. The van der Waals surface area contributed by atoms with E-state index < -0.39 is 0 Å². The van der Waals surface area contributed by atoms with Gasteiger partial charge in [0.2, 0.25) is 0 Å². The first kappa shape index (κ1) is 19.2. The van der Waals surface area contributed by atoms with E-state index in [2.05, 4.69) is 73.9 Å². The lowest BCUT2D eigenvalue weighted by Crippen LogP contribution is -2.16. The van der Waals surface area contributed by atoms with E-state index in [0.29, 0.717) is 0 Å². The Hall–Kier alpha value is -3.13. The number of benzene rings is 3. The highest BCUT2D eigenvalue weighted by Gasteiger charge is 2.19. The van der Waals surface area contributed by atoms with Gasteiger partial charge in [-0.3, -0.25) is 4.79 Å². The Bertz CT molecular complexity index is 1230. The zero-order valence-electron chi connectivity index (χ0n) is 17.4. The standard InChI is InChI=1S/C27H27NO/c1-4-5-16-28-24-15-7-6-14-23(24)27(29)25(21-12-8-10-19(2)17-21)26(28)22-13-9-11-20(3)18-22/h6-15,17-18H,4-5,16H2,1-3H3. The van der Waals surface area contributed by atoms with Gasteiger partial charge in [0.15, 0.2) is 5.43 Å². The molecular formula is C27H27NO. The van der Waals surface area contributed by atoms with Crippen LogP contribution in [0.15, 0.2) is 77.6 Å². The van der Waals surface area contributed by atoms with Crippen molar-refractivity contribution in [2.45, 2.75) is 40.2 Å². The van der Waals surface area contributed by atoms with Crippen LogP contribution in [0.4, 0.5) is 0 Å². The minimum Gasteiger partial charge on any atom is -0.340 e. The molecule has 2 heteroatoms. The number of unbranched alkanes of at least 4 members (excludes halogenated alkanes) is 1. The Balaban J connectivity index is 2.18. The van der Waals surface area contributed by atoms with Crippen LogP contribution in [0.3, 0.4) is 0 Å². The van der Waals surface area contributed by atoms with E-state index in [1.165, 1.54) is 5.56 Å². The van der Waals surface area contributed by atoms with E-state index in [1.807, 2.05) is 24.3 Å². The van der Waals surface area contributed by atoms with Crippen LogP contribution in [-0.4, -0.2) is 4.57 Å². The number of aryl methyl sites for hydroxylation is 3. The van der Waals surface area contributed by atoms with Crippen LogP contribution in [0.1, 0.15) is 30.9 Å². The van der Waals surface area contributed by atoms with Crippen LogP contribution in [0.5, 0.6) is 0 Å². The summed E-state index contributed by atoms with van der Waals surface area (Å²) in [6, 6.07) is 24.8. The van der Waals surface area contributed by atoms with Crippen molar-refractivity contribution in [2.75, 3.05) is 0 Å². The molecule has 146 valence electrons. The summed E-state index contributed by atoms with van der Waals surface area (Å²) in [7, 11) is 0. The molecule has 0 bridgehead atoms. The Labute approximate surface area is 172 Å². The molecule has 3 aromatic carbocycles. The second-order valence-electron chi connectivity index (χ2n) is 7.81. The summed E-state index contributed by atoms with van der Waals surface area (Å²) in [5, 5.41) is 0.788. The number of pyridine rings is 1. The minimum atomic E-state index is 0.107. The summed E-state index contributed by atoms with van der Waals surface area (Å²) in [5.41, 5.74) is 7.38. The van der Waals surface area contributed by atoms with Gasteiger partial charge in [-0.2, -0.15) is 0 Å². The predicted molar refractivity (Wildman–Crippen MR) is 123 cm³/mol. The number of nitrogens with zero attached hydrogens (tertiary/aromatic N) is 1. The normalized spacial score (nSPS) is 11.1. The van der Waals surface area contributed by atoms with E-state index in [9.17, 15) is 4.79 Å². The SMILES string of the molecule is CCCCn1c(-c2cccc(C)c2)c(-c2cccc(C)c2)c(=O)c2ccccc21. The van der Waals surface area contributed by atoms with Crippen molar-refractivity contribution < 1.29 is 0 Å². The number of fused-ring (bicyclic) bond motifs is 1. The molecule has 0 amide bonds. The van der Waals surface area contributed by atoms with Gasteiger partial charge >= 0.3 is 0 Å². The van der Waals surface area contributed by atoms with Crippen LogP contribution in [-0.2, 0) is 6.54 Å². The third kappa shape index (κ3) is 3.63. The van der Waals surface area contributed by atoms with Crippen LogP contribution in [0, 0.1) is 13.8 Å². The second kappa shape index (κ2) is 8.08. The van der Waals surface area contributed by atoms with Crippen LogP contribution in [0.2, 0.25) is 0 Å². The molecule has 4 aromatic rings. The fourth-order valence-corrected chi connectivity index (χ4v) is 4.11. The molecule has 0 unspecified atom stereocenters. The van der Waals surface area contributed by atoms with Crippen molar-refractivity contribution in [2.24, 2.45) is 0 Å². The van der Waals surface area contributed by atoms with Gasteiger partial charge in [0.05, 0.1) is 16.8 Å². The van der Waals surface area contributed by atoms with E-state index in [4.69, 9.17) is 0 Å². The molecule has 29 heavy (non-hydrogen) atoms. The molecule has 1 aromatic heterocycles. The van der Waals surface area contributed by atoms with Gasteiger partial charge in [0.25, 0.3) is 0 Å². The van der Waals surface area contributed by atoms with Crippen molar-refractivity contribution in [1.82, 2.24) is 4.57 Å². The van der Waals surface area contributed by atoms with E-state index >= 15 is 0 Å². The highest BCUT2D eigenvalue weighted by Crippen LogP contribution is 2.34. The number of rotatable bonds is 5. The molecule has 0 radical (unpaired) electrons. The summed E-state index contributed by atoms with van der Waals surface area (Å²) >= 11 is 0. The molecule has 2 nitrogen and oxygen atoms in total. The smallest absolute Gasteiger partial charge is 0.197 e. The molecule has 0 fully saturated rings. The largest absolute Gasteiger partial charge is 0.340 e. The lowest BCUT2D eigenvalue weighted by molar-refractivity contribution is 0.651. The Morgan fingerprint density at radius 3 is 2.14 bits per heavy atom. The van der Waals surface area contributed by atoms with Crippen molar-refractivity contribution in [1.29, 1.82) is 0 Å². The van der Waals surface area contributed by atoms with Crippen LogP contribution in [0.25, 0.3) is 33.3 Å². The summed E-state index contributed by atoms with van der Waals surface area (Å²) in [6.45, 7) is 7.27. The van der Waals surface area contributed by atoms with Gasteiger partial charge in [-0.25, -0.2) is 0 Å². The van der Waals surface area contributed by atoms with Gasteiger partial charge in [0.1, 0.15) is 0 Å². The molecule has 0 atom stereocenters. The molecule has 0 saturated heterocycles. The third-order valence-corrected chi connectivity index (χ3v) is 5.51. The minimum absolute atomic E-state index is 0.107. The quantitative estimate of drug-likeness (QED) is 0.375. The molecular weight excluding hydrogens is 354 g/mol. The highest BCUT2D eigenvalue weighted by molar-refractivity contribution is 5.92. The average molecular weight is 382 g/mol. The van der Waals surface area contributed by atoms with Gasteiger partial charge in [-0.15, -0.1) is 0 Å². The number of hydrogen-bond acceptors (Lipinski definition) is 1. The molecule has 1 heterocycles. The van der Waals surface area contributed by atoms with Gasteiger partial charge in [0, 0.05) is 11.9 Å². The zero-order valence-corrected chi connectivity index (χ0v) is 17.4. The van der Waals surface area contributed by atoms with Gasteiger partial charge in [-0.1, -0.05) is 79.1 Å². The molecule has 0 spiro atoms. The number of para-hydroxylation sites is 1. The maximum absolute atomic E-state index is 13.7. The van der Waals surface area contributed by atoms with Crippen LogP contribution < -0.4 is 5.43 Å². The van der Waals surface area contributed by atoms with Crippen molar-refractivity contribution in [3.05, 3.63) is 94.1 Å². The second-order valence-corrected chi connectivity index (χ2v) is 7.81. The molecule has 0 aliphatic carbocycles. The number of hydrogen-bond donors (Lipinski definition) is 0. The van der Waals surface area contributed by atoms with Crippen molar-refractivity contribution in [3.8, 4) is 22.4 Å². The number of aromatic nitrogens is 1. The Morgan fingerprint density at radius 1 is 0.793 bits per heavy atom.